The lowest BCUT2D eigenvalue weighted by Gasteiger charge is -2.08. The third-order valence-electron chi connectivity index (χ3n) is 2.21. The fourth-order valence-corrected chi connectivity index (χ4v) is 1.32. The second-order valence-corrected chi connectivity index (χ2v) is 3.70. The number of anilines is 2. The van der Waals surface area contributed by atoms with Crippen LogP contribution in [-0.2, 0) is 6.18 Å². The Labute approximate surface area is 111 Å². The first-order chi connectivity index (χ1) is 9.38. The van der Waals surface area contributed by atoms with Gasteiger partial charge in [0.15, 0.2) is 17.3 Å². The molecule has 0 saturated heterocycles. The van der Waals surface area contributed by atoms with Gasteiger partial charge in [0.05, 0.1) is 5.69 Å². The first kappa shape index (κ1) is 13.7. The molecule has 0 spiro atoms. The highest BCUT2D eigenvalue weighted by molar-refractivity contribution is 5.70. The van der Waals surface area contributed by atoms with Gasteiger partial charge >= 0.3 is 6.18 Å². The van der Waals surface area contributed by atoms with Crippen LogP contribution in [0.2, 0.25) is 0 Å². The van der Waals surface area contributed by atoms with Gasteiger partial charge in [-0.2, -0.15) is 18.3 Å². The molecule has 1 aromatic heterocycles. The van der Waals surface area contributed by atoms with Gasteiger partial charge in [-0.25, -0.2) is 9.97 Å². The SMILES string of the molecule is Nc1nc(C(F)(F)F)nc(N)c1N=Nc1ccccc1. The van der Waals surface area contributed by atoms with E-state index >= 15 is 0 Å². The van der Waals surface area contributed by atoms with Gasteiger partial charge in [0.2, 0.25) is 5.82 Å². The van der Waals surface area contributed by atoms with E-state index in [1.165, 1.54) is 0 Å². The molecule has 0 radical (unpaired) electrons. The van der Waals surface area contributed by atoms with Crippen molar-refractivity contribution in [2.45, 2.75) is 6.18 Å². The van der Waals surface area contributed by atoms with E-state index in [2.05, 4.69) is 20.2 Å². The van der Waals surface area contributed by atoms with E-state index in [1.54, 1.807) is 30.3 Å². The molecule has 6 nitrogen and oxygen atoms in total. The Kier molecular flexibility index (Phi) is 3.51. The smallest absolute Gasteiger partial charge is 0.382 e. The average Bonchev–Trinajstić information content (AvgIpc) is 2.37. The number of azo groups is 1. The van der Waals surface area contributed by atoms with Gasteiger partial charge in [0, 0.05) is 0 Å². The predicted octanol–water partition coefficient (Wildman–Crippen LogP) is 3.08. The molecule has 9 heteroatoms. The van der Waals surface area contributed by atoms with Crippen LogP contribution in [0.15, 0.2) is 40.6 Å². The van der Waals surface area contributed by atoms with Crippen LogP contribution in [-0.4, -0.2) is 9.97 Å². The number of nitrogens with two attached hydrogens (primary N) is 2. The number of alkyl halides is 3. The van der Waals surface area contributed by atoms with Crippen molar-refractivity contribution in [3.63, 3.8) is 0 Å². The predicted molar refractivity (Wildman–Crippen MR) is 66.5 cm³/mol. The van der Waals surface area contributed by atoms with Gasteiger partial charge in [0.1, 0.15) is 0 Å². The third kappa shape index (κ3) is 2.99. The first-order valence-corrected chi connectivity index (χ1v) is 5.35. The summed E-state index contributed by atoms with van der Waals surface area (Å²) in [5.74, 6) is -2.37. The first-order valence-electron chi connectivity index (χ1n) is 5.35. The van der Waals surface area contributed by atoms with Crippen LogP contribution >= 0.6 is 0 Å². The molecule has 0 aliphatic heterocycles. The van der Waals surface area contributed by atoms with Crippen LogP contribution < -0.4 is 11.5 Å². The van der Waals surface area contributed by atoms with E-state index < -0.39 is 23.6 Å². The zero-order valence-electron chi connectivity index (χ0n) is 9.96. The highest BCUT2D eigenvalue weighted by Crippen LogP contribution is 2.33. The van der Waals surface area contributed by atoms with Crippen molar-refractivity contribution < 1.29 is 13.2 Å². The van der Waals surface area contributed by atoms with Crippen LogP contribution in [0.1, 0.15) is 5.82 Å². The van der Waals surface area contributed by atoms with Crippen LogP contribution in [0.25, 0.3) is 0 Å². The highest BCUT2D eigenvalue weighted by atomic mass is 19.4. The number of hydrogen-bond acceptors (Lipinski definition) is 6. The molecular formula is C11H9F3N6. The molecule has 1 aromatic carbocycles. The summed E-state index contributed by atoms with van der Waals surface area (Å²) >= 11 is 0. The summed E-state index contributed by atoms with van der Waals surface area (Å²) in [4.78, 5) is 6.25. The molecule has 1 heterocycles. The summed E-state index contributed by atoms with van der Waals surface area (Å²) < 4.78 is 37.3. The highest BCUT2D eigenvalue weighted by Gasteiger charge is 2.36. The number of halogens is 3. The lowest BCUT2D eigenvalue weighted by Crippen LogP contribution is -2.14. The second-order valence-electron chi connectivity index (χ2n) is 3.70. The maximum Gasteiger partial charge on any atom is 0.451 e. The van der Waals surface area contributed by atoms with Crippen molar-refractivity contribution in [3.8, 4) is 0 Å². The molecule has 0 aliphatic carbocycles. The van der Waals surface area contributed by atoms with Gasteiger partial charge in [-0.1, -0.05) is 18.2 Å². The maximum absolute atomic E-state index is 12.4. The molecule has 0 bridgehead atoms. The molecule has 0 unspecified atom stereocenters. The summed E-state index contributed by atoms with van der Waals surface area (Å²) in [6.07, 6.45) is -4.72. The lowest BCUT2D eigenvalue weighted by atomic mass is 10.3. The van der Waals surface area contributed by atoms with Crippen molar-refractivity contribution in [2.24, 2.45) is 10.2 Å². The summed E-state index contributed by atoms with van der Waals surface area (Å²) in [6, 6.07) is 8.54. The van der Waals surface area contributed by atoms with Gasteiger partial charge in [-0.15, -0.1) is 5.11 Å². The van der Waals surface area contributed by atoms with Crippen molar-refractivity contribution >= 4 is 23.0 Å². The monoisotopic (exact) mass is 282 g/mol. The van der Waals surface area contributed by atoms with Crippen LogP contribution in [0.4, 0.5) is 36.2 Å². The number of nitrogens with zero attached hydrogens (tertiary/aromatic N) is 4. The quantitative estimate of drug-likeness (QED) is 0.826. The molecule has 0 aliphatic rings. The van der Waals surface area contributed by atoms with Gasteiger partial charge in [-0.3, -0.25) is 0 Å². The standard InChI is InChI=1S/C11H9F3N6/c12-11(13,14)10-17-8(15)7(9(16)18-10)20-19-6-4-2-1-3-5-6/h1-5H,(H4,15,16,17,18). The van der Waals surface area contributed by atoms with Crippen LogP contribution in [0, 0.1) is 0 Å². The zero-order valence-corrected chi connectivity index (χ0v) is 9.96. The summed E-state index contributed by atoms with van der Waals surface area (Å²) in [5, 5.41) is 7.48. The Morgan fingerprint density at radius 1 is 0.900 bits per heavy atom. The Balaban J connectivity index is 2.37. The maximum atomic E-state index is 12.4. The van der Waals surface area contributed by atoms with Crippen LogP contribution in [0.3, 0.4) is 0 Å². The number of hydrogen-bond donors (Lipinski definition) is 2. The van der Waals surface area contributed by atoms with Crippen molar-refractivity contribution in [3.05, 3.63) is 36.2 Å². The Hall–Kier alpha value is -2.71. The fourth-order valence-electron chi connectivity index (χ4n) is 1.32. The van der Waals surface area contributed by atoms with Crippen molar-refractivity contribution in [1.29, 1.82) is 0 Å². The average molecular weight is 282 g/mol. The number of nitrogen functional groups attached to an aromatic ring is 2. The van der Waals surface area contributed by atoms with Crippen LogP contribution in [0.5, 0.6) is 0 Å². The third-order valence-corrected chi connectivity index (χ3v) is 2.21. The molecule has 104 valence electrons. The Morgan fingerprint density at radius 2 is 1.45 bits per heavy atom. The normalized spacial score (nSPS) is 11.9. The van der Waals surface area contributed by atoms with E-state index in [0.717, 1.165) is 0 Å². The minimum atomic E-state index is -4.72. The van der Waals surface area contributed by atoms with E-state index in [9.17, 15) is 13.2 Å². The minimum absolute atomic E-state index is 0.193. The van der Waals surface area contributed by atoms with Gasteiger partial charge < -0.3 is 11.5 Å². The Morgan fingerprint density at radius 3 is 1.95 bits per heavy atom. The van der Waals surface area contributed by atoms with Gasteiger partial charge in [-0.05, 0) is 12.1 Å². The van der Waals surface area contributed by atoms with E-state index in [-0.39, 0.29) is 5.69 Å². The largest absolute Gasteiger partial charge is 0.451 e. The Bertz CT molecular complexity index is 615. The molecule has 4 N–H and O–H groups in total. The summed E-state index contributed by atoms with van der Waals surface area (Å²) in [6.45, 7) is 0. The number of benzene rings is 1. The van der Waals surface area contributed by atoms with E-state index in [4.69, 9.17) is 11.5 Å². The second kappa shape index (κ2) is 5.11. The molecule has 20 heavy (non-hydrogen) atoms. The molecular weight excluding hydrogens is 273 g/mol. The minimum Gasteiger partial charge on any atom is -0.382 e. The molecule has 0 amide bonds. The molecule has 2 aromatic rings. The van der Waals surface area contributed by atoms with Crippen molar-refractivity contribution in [2.75, 3.05) is 11.5 Å². The van der Waals surface area contributed by atoms with E-state index in [1.807, 2.05) is 0 Å². The van der Waals surface area contributed by atoms with Gasteiger partial charge in [0.25, 0.3) is 0 Å². The molecule has 0 atom stereocenters. The molecule has 2 rings (SSSR count). The molecule has 0 saturated carbocycles. The number of rotatable bonds is 2. The number of aromatic nitrogens is 2. The van der Waals surface area contributed by atoms with Crippen molar-refractivity contribution in [1.82, 2.24) is 9.97 Å². The lowest BCUT2D eigenvalue weighted by molar-refractivity contribution is -0.144. The zero-order chi connectivity index (χ0) is 14.8. The molecule has 0 fully saturated rings. The fraction of sp³-hybridized carbons (Fsp3) is 0.0909. The van der Waals surface area contributed by atoms with E-state index in [0.29, 0.717) is 5.69 Å². The summed E-state index contributed by atoms with van der Waals surface area (Å²) in [7, 11) is 0. The topological polar surface area (TPSA) is 103 Å². The summed E-state index contributed by atoms with van der Waals surface area (Å²) in [5.41, 5.74) is 11.1.